The first kappa shape index (κ1) is 19.8. The Morgan fingerprint density at radius 3 is 2.50 bits per heavy atom. The van der Waals surface area contributed by atoms with E-state index in [1.807, 2.05) is 30.3 Å². The van der Waals surface area contributed by atoms with E-state index >= 15 is 0 Å². The third kappa shape index (κ3) is 5.52. The van der Waals surface area contributed by atoms with Gasteiger partial charge in [0, 0.05) is 18.8 Å². The lowest BCUT2D eigenvalue weighted by Gasteiger charge is -2.32. The van der Waals surface area contributed by atoms with E-state index in [4.69, 9.17) is 0 Å². The number of alkyl halides is 2. The van der Waals surface area contributed by atoms with Gasteiger partial charge in [0.2, 0.25) is 11.8 Å². The number of likely N-dealkylation sites (tertiary alicyclic amines) is 1. The van der Waals surface area contributed by atoms with E-state index in [0.717, 1.165) is 18.5 Å². The Labute approximate surface area is 162 Å². The first-order valence-corrected chi connectivity index (χ1v) is 9.18. The molecule has 7 heteroatoms. The molecule has 0 radical (unpaired) electrons. The number of benzene rings is 2. The van der Waals surface area contributed by atoms with Crippen LogP contribution in [0.1, 0.15) is 18.4 Å². The van der Waals surface area contributed by atoms with Gasteiger partial charge in [0.15, 0.2) is 0 Å². The van der Waals surface area contributed by atoms with Crippen LogP contribution in [0.5, 0.6) is 5.75 Å². The lowest BCUT2D eigenvalue weighted by Crippen LogP contribution is -2.44. The lowest BCUT2D eigenvalue weighted by molar-refractivity contribution is -0.133. The van der Waals surface area contributed by atoms with Crippen LogP contribution in [0, 0.1) is 5.92 Å². The van der Waals surface area contributed by atoms with Gasteiger partial charge in [0.25, 0.3) is 0 Å². The van der Waals surface area contributed by atoms with Crippen LogP contribution in [0.4, 0.5) is 14.5 Å². The third-order valence-electron chi connectivity index (χ3n) is 4.69. The number of piperidine rings is 1. The molecule has 0 bridgehead atoms. The van der Waals surface area contributed by atoms with Crippen molar-refractivity contribution in [2.75, 3.05) is 18.4 Å². The molecule has 1 N–H and O–H groups in total. The Hall–Kier alpha value is -2.96. The van der Waals surface area contributed by atoms with Crippen LogP contribution >= 0.6 is 0 Å². The highest BCUT2D eigenvalue weighted by atomic mass is 19.3. The Morgan fingerprint density at radius 2 is 1.82 bits per heavy atom. The largest absolute Gasteiger partial charge is 0.435 e. The first-order chi connectivity index (χ1) is 13.5. The highest BCUT2D eigenvalue weighted by Crippen LogP contribution is 2.21. The second-order valence-corrected chi connectivity index (χ2v) is 6.73. The lowest BCUT2D eigenvalue weighted by atomic mass is 9.96. The maximum atomic E-state index is 12.6. The van der Waals surface area contributed by atoms with Crippen molar-refractivity contribution in [2.45, 2.75) is 25.9 Å². The van der Waals surface area contributed by atoms with E-state index in [2.05, 4.69) is 10.1 Å². The summed E-state index contributed by atoms with van der Waals surface area (Å²) in [6.07, 6.45) is 1.66. The quantitative estimate of drug-likeness (QED) is 0.821. The minimum Gasteiger partial charge on any atom is -0.435 e. The molecule has 2 aromatic rings. The smallest absolute Gasteiger partial charge is 0.387 e. The van der Waals surface area contributed by atoms with Crippen LogP contribution < -0.4 is 10.1 Å². The Kier molecular flexibility index (Phi) is 6.57. The number of carbonyl (C=O) groups excluding carboxylic acids is 2. The number of hydrogen-bond acceptors (Lipinski definition) is 3. The topological polar surface area (TPSA) is 58.6 Å². The fourth-order valence-corrected chi connectivity index (χ4v) is 3.26. The van der Waals surface area contributed by atoms with Crippen molar-refractivity contribution in [2.24, 2.45) is 5.92 Å². The van der Waals surface area contributed by atoms with Crippen LogP contribution in [0.2, 0.25) is 0 Å². The summed E-state index contributed by atoms with van der Waals surface area (Å²) in [5.74, 6) is -0.363. The molecule has 1 aliphatic heterocycles. The van der Waals surface area contributed by atoms with E-state index < -0.39 is 6.61 Å². The summed E-state index contributed by atoms with van der Waals surface area (Å²) in [5.41, 5.74) is 1.45. The van der Waals surface area contributed by atoms with Gasteiger partial charge >= 0.3 is 6.61 Å². The van der Waals surface area contributed by atoms with Crippen molar-refractivity contribution in [1.29, 1.82) is 0 Å². The summed E-state index contributed by atoms with van der Waals surface area (Å²) < 4.78 is 28.7. The molecule has 5 nitrogen and oxygen atoms in total. The summed E-state index contributed by atoms with van der Waals surface area (Å²) in [4.78, 5) is 26.8. The zero-order chi connectivity index (χ0) is 19.9. The van der Waals surface area contributed by atoms with Gasteiger partial charge in [-0.05, 0) is 42.7 Å². The SMILES string of the molecule is O=C(Nc1ccccc1)C1CCCN(C(=O)Cc2ccc(OC(F)F)cc2)C1. The van der Waals surface area contributed by atoms with Gasteiger partial charge in [-0.15, -0.1) is 0 Å². The van der Waals surface area contributed by atoms with E-state index in [-0.39, 0.29) is 29.9 Å². The second-order valence-electron chi connectivity index (χ2n) is 6.73. The number of nitrogens with zero attached hydrogens (tertiary/aromatic N) is 1. The Balaban J connectivity index is 1.54. The number of carbonyl (C=O) groups is 2. The molecule has 3 rings (SSSR count). The predicted molar refractivity (Wildman–Crippen MR) is 101 cm³/mol. The number of hydrogen-bond donors (Lipinski definition) is 1. The molecule has 1 aliphatic rings. The van der Waals surface area contributed by atoms with Crippen LogP contribution in [0.25, 0.3) is 0 Å². The number of amides is 2. The number of rotatable bonds is 6. The average molecular weight is 388 g/mol. The molecule has 0 saturated carbocycles. The van der Waals surface area contributed by atoms with Gasteiger partial charge in [-0.1, -0.05) is 30.3 Å². The monoisotopic (exact) mass is 388 g/mol. The number of nitrogens with one attached hydrogen (secondary N) is 1. The van der Waals surface area contributed by atoms with Crippen LogP contribution in [0.15, 0.2) is 54.6 Å². The summed E-state index contributed by atoms with van der Waals surface area (Å²) in [6, 6.07) is 15.3. The molecule has 148 valence electrons. The molecule has 1 saturated heterocycles. The number of halogens is 2. The molecular weight excluding hydrogens is 366 g/mol. The van der Waals surface area contributed by atoms with Gasteiger partial charge in [-0.3, -0.25) is 9.59 Å². The summed E-state index contributed by atoms with van der Waals surface area (Å²) in [7, 11) is 0. The highest BCUT2D eigenvalue weighted by Gasteiger charge is 2.28. The van der Waals surface area contributed by atoms with Crippen molar-refractivity contribution in [1.82, 2.24) is 4.90 Å². The fourth-order valence-electron chi connectivity index (χ4n) is 3.26. The van der Waals surface area contributed by atoms with Crippen LogP contribution in [-0.4, -0.2) is 36.4 Å². The number of ether oxygens (including phenoxy) is 1. The van der Waals surface area contributed by atoms with Crippen molar-refractivity contribution >= 4 is 17.5 Å². The van der Waals surface area contributed by atoms with Gasteiger partial charge in [-0.25, -0.2) is 0 Å². The van der Waals surface area contributed by atoms with Gasteiger partial charge in [0.1, 0.15) is 5.75 Å². The van der Waals surface area contributed by atoms with Crippen molar-refractivity contribution in [3.8, 4) is 5.75 Å². The average Bonchev–Trinajstić information content (AvgIpc) is 2.70. The Morgan fingerprint density at radius 1 is 1.11 bits per heavy atom. The van der Waals surface area contributed by atoms with Gasteiger partial charge < -0.3 is 15.0 Å². The van der Waals surface area contributed by atoms with Crippen LogP contribution in [0.3, 0.4) is 0 Å². The molecule has 28 heavy (non-hydrogen) atoms. The molecule has 1 atom stereocenters. The maximum Gasteiger partial charge on any atom is 0.387 e. The summed E-state index contributed by atoms with van der Waals surface area (Å²) in [6.45, 7) is -1.88. The molecule has 0 aliphatic carbocycles. The van der Waals surface area contributed by atoms with E-state index in [0.29, 0.717) is 18.7 Å². The summed E-state index contributed by atoms with van der Waals surface area (Å²) >= 11 is 0. The summed E-state index contributed by atoms with van der Waals surface area (Å²) in [5, 5.41) is 2.89. The molecule has 1 fully saturated rings. The predicted octanol–water partition coefficient (Wildman–Crippen LogP) is 3.71. The van der Waals surface area contributed by atoms with E-state index in [1.165, 1.54) is 12.1 Å². The molecule has 0 spiro atoms. The fraction of sp³-hybridized carbons (Fsp3) is 0.333. The maximum absolute atomic E-state index is 12.6. The normalized spacial score (nSPS) is 16.7. The zero-order valence-corrected chi connectivity index (χ0v) is 15.3. The van der Waals surface area contributed by atoms with E-state index in [1.54, 1.807) is 17.0 Å². The first-order valence-electron chi connectivity index (χ1n) is 9.18. The Bertz CT molecular complexity index is 797. The molecule has 0 aromatic heterocycles. The minimum atomic E-state index is -2.88. The van der Waals surface area contributed by atoms with Crippen LogP contribution in [-0.2, 0) is 16.0 Å². The zero-order valence-electron chi connectivity index (χ0n) is 15.3. The molecule has 1 heterocycles. The molecular formula is C21H22F2N2O3. The highest BCUT2D eigenvalue weighted by molar-refractivity contribution is 5.93. The molecule has 2 amide bonds. The molecule has 1 unspecified atom stereocenters. The van der Waals surface area contributed by atoms with Crippen molar-refractivity contribution in [3.05, 3.63) is 60.2 Å². The van der Waals surface area contributed by atoms with Crippen molar-refractivity contribution < 1.29 is 23.1 Å². The number of anilines is 1. The molecule has 2 aromatic carbocycles. The second kappa shape index (κ2) is 9.30. The van der Waals surface area contributed by atoms with Crippen molar-refractivity contribution in [3.63, 3.8) is 0 Å². The minimum absolute atomic E-state index is 0.0572. The third-order valence-corrected chi connectivity index (χ3v) is 4.69. The van der Waals surface area contributed by atoms with Gasteiger partial charge in [-0.2, -0.15) is 8.78 Å². The standard InChI is InChI=1S/C21H22F2N2O3/c22-21(23)28-18-10-8-15(9-11-18)13-19(26)25-12-4-5-16(14-25)20(27)24-17-6-2-1-3-7-17/h1-3,6-11,16,21H,4-5,12-14H2,(H,24,27). The van der Waals surface area contributed by atoms with Gasteiger partial charge in [0.05, 0.1) is 12.3 Å². The number of para-hydroxylation sites is 1. The van der Waals surface area contributed by atoms with E-state index in [9.17, 15) is 18.4 Å².